The molecular weight excluding hydrogens is 256 g/mol. The summed E-state index contributed by atoms with van der Waals surface area (Å²) in [6.45, 7) is 2.00. The average Bonchev–Trinajstić information content (AvgIpc) is 2.48. The molecule has 0 aliphatic carbocycles. The van der Waals surface area contributed by atoms with E-state index in [1.165, 1.54) is 6.07 Å². The maximum atomic E-state index is 11.1. The number of aromatic nitrogens is 1. The van der Waals surface area contributed by atoms with Gasteiger partial charge in [-0.2, -0.15) is 0 Å². The molecule has 0 atom stereocenters. The van der Waals surface area contributed by atoms with Gasteiger partial charge in [0.25, 0.3) is 5.69 Å². The largest absolute Gasteiger partial charge is 0.382 e. The first-order chi connectivity index (χ1) is 9.75. The Kier molecular flexibility index (Phi) is 3.47. The summed E-state index contributed by atoms with van der Waals surface area (Å²) < 4.78 is 0. The number of benzene rings is 1. The van der Waals surface area contributed by atoms with Gasteiger partial charge in [-0.15, -0.1) is 0 Å². The second-order valence-electron chi connectivity index (χ2n) is 4.96. The van der Waals surface area contributed by atoms with Crippen LogP contribution in [0.4, 0.5) is 11.4 Å². The number of fused-ring (bicyclic) bond motifs is 1. The fourth-order valence-electron chi connectivity index (χ4n) is 2.62. The minimum Gasteiger partial charge on any atom is -0.382 e. The number of piperidine rings is 1. The number of nitro benzene ring substituents is 1. The van der Waals surface area contributed by atoms with Crippen molar-refractivity contribution < 1.29 is 4.92 Å². The molecule has 6 nitrogen and oxygen atoms in total. The molecule has 0 spiro atoms. The summed E-state index contributed by atoms with van der Waals surface area (Å²) >= 11 is 0. The molecule has 1 fully saturated rings. The molecule has 1 saturated heterocycles. The Morgan fingerprint density at radius 3 is 2.85 bits per heavy atom. The van der Waals surface area contributed by atoms with E-state index in [2.05, 4.69) is 15.6 Å². The Labute approximate surface area is 116 Å². The summed E-state index contributed by atoms with van der Waals surface area (Å²) in [5, 5.41) is 18.7. The van der Waals surface area contributed by atoms with Gasteiger partial charge >= 0.3 is 0 Å². The molecule has 2 heterocycles. The molecule has 1 aromatic carbocycles. The molecule has 1 aliphatic heterocycles. The van der Waals surface area contributed by atoms with Crippen molar-refractivity contribution in [1.82, 2.24) is 10.3 Å². The summed E-state index contributed by atoms with van der Waals surface area (Å²) in [5.41, 5.74) is 1.42. The van der Waals surface area contributed by atoms with Crippen LogP contribution in [-0.4, -0.2) is 29.0 Å². The molecule has 1 aromatic heterocycles. The van der Waals surface area contributed by atoms with Crippen molar-refractivity contribution >= 4 is 22.3 Å². The van der Waals surface area contributed by atoms with Crippen LogP contribution in [0.3, 0.4) is 0 Å². The Hall–Kier alpha value is -2.21. The molecule has 0 radical (unpaired) electrons. The third-order valence-electron chi connectivity index (χ3n) is 3.65. The summed E-state index contributed by atoms with van der Waals surface area (Å²) in [7, 11) is 0. The van der Waals surface area contributed by atoms with E-state index < -0.39 is 0 Å². The molecule has 0 amide bonds. The highest BCUT2D eigenvalue weighted by Gasteiger charge is 2.17. The highest BCUT2D eigenvalue weighted by Crippen LogP contribution is 2.29. The van der Waals surface area contributed by atoms with Gasteiger partial charge in [0.05, 0.1) is 4.92 Å². The molecule has 2 N–H and O–H groups in total. The fraction of sp³-hybridized carbons (Fsp3) is 0.357. The molecular formula is C14H16N4O2. The van der Waals surface area contributed by atoms with Crippen LogP contribution >= 0.6 is 0 Å². The molecule has 2 aromatic rings. The number of pyridine rings is 1. The summed E-state index contributed by atoms with van der Waals surface area (Å²) in [5.74, 6) is 0. The average molecular weight is 272 g/mol. The number of non-ortho nitro benzene ring substituents is 1. The van der Waals surface area contributed by atoms with Gasteiger partial charge in [-0.25, -0.2) is 4.98 Å². The smallest absolute Gasteiger partial charge is 0.295 e. The van der Waals surface area contributed by atoms with E-state index in [9.17, 15) is 10.1 Å². The number of anilines is 1. The Morgan fingerprint density at radius 2 is 2.10 bits per heavy atom. The van der Waals surface area contributed by atoms with Crippen LogP contribution in [0.25, 0.3) is 10.9 Å². The van der Waals surface area contributed by atoms with Crippen LogP contribution in [0.15, 0.2) is 30.5 Å². The van der Waals surface area contributed by atoms with E-state index in [1.54, 1.807) is 12.3 Å². The van der Waals surface area contributed by atoms with Crippen molar-refractivity contribution in [2.24, 2.45) is 0 Å². The van der Waals surface area contributed by atoms with Crippen molar-refractivity contribution in [3.05, 3.63) is 40.6 Å². The zero-order valence-electron chi connectivity index (χ0n) is 11.0. The van der Waals surface area contributed by atoms with Gasteiger partial charge in [0.15, 0.2) is 0 Å². The number of rotatable bonds is 3. The highest BCUT2D eigenvalue weighted by atomic mass is 16.6. The third kappa shape index (κ3) is 2.42. The van der Waals surface area contributed by atoms with Crippen molar-refractivity contribution in [3.8, 4) is 0 Å². The normalized spacial score (nSPS) is 16.2. The summed E-state index contributed by atoms with van der Waals surface area (Å²) in [6, 6.07) is 7.35. The van der Waals surface area contributed by atoms with Gasteiger partial charge in [0.1, 0.15) is 5.52 Å². The number of hydrogen-bond donors (Lipinski definition) is 2. The predicted octanol–water partition coefficient (Wildman–Crippen LogP) is 2.31. The predicted molar refractivity (Wildman–Crippen MR) is 77.9 cm³/mol. The first-order valence-electron chi connectivity index (χ1n) is 6.75. The maximum Gasteiger partial charge on any atom is 0.295 e. The van der Waals surface area contributed by atoms with Crippen LogP contribution in [0.2, 0.25) is 0 Å². The Morgan fingerprint density at radius 1 is 1.30 bits per heavy atom. The van der Waals surface area contributed by atoms with Crippen LogP contribution in [0.1, 0.15) is 12.8 Å². The molecule has 20 heavy (non-hydrogen) atoms. The standard InChI is InChI=1S/C14H16N4O2/c19-18(20)13-3-1-2-11-12(6-9-16-14(11)13)17-10-4-7-15-8-5-10/h1-3,6,9-10,15H,4-5,7-8H2,(H,16,17). The number of nitrogens with one attached hydrogen (secondary N) is 2. The lowest BCUT2D eigenvalue weighted by Crippen LogP contribution is -2.35. The van der Waals surface area contributed by atoms with E-state index in [1.807, 2.05) is 12.1 Å². The van der Waals surface area contributed by atoms with E-state index in [0.717, 1.165) is 37.0 Å². The third-order valence-corrected chi connectivity index (χ3v) is 3.65. The van der Waals surface area contributed by atoms with Gasteiger partial charge in [-0.05, 0) is 32.0 Å². The zero-order valence-corrected chi connectivity index (χ0v) is 11.0. The second-order valence-corrected chi connectivity index (χ2v) is 4.96. The molecule has 104 valence electrons. The lowest BCUT2D eigenvalue weighted by atomic mass is 10.1. The topological polar surface area (TPSA) is 80.1 Å². The lowest BCUT2D eigenvalue weighted by molar-refractivity contribution is -0.383. The van der Waals surface area contributed by atoms with E-state index in [-0.39, 0.29) is 10.6 Å². The molecule has 1 aliphatic rings. The SMILES string of the molecule is O=[N+]([O-])c1cccc2c(NC3CCNCC3)ccnc12. The fourth-order valence-corrected chi connectivity index (χ4v) is 2.62. The second kappa shape index (κ2) is 5.42. The number of hydrogen-bond acceptors (Lipinski definition) is 5. The number of nitrogens with zero attached hydrogens (tertiary/aromatic N) is 2. The molecule has 3 rings (SSSR count). The van der Waals surface area contributed by atoms with Gasteiger partial charge in [0, 0.05) is 29.4 Å². The zero-order chi connectivity index (χ0) is 13.9. The summed E-state index contributed by atoms with van der Waals surface area (Å²) in [4.78, 5) is 14.8. The van der Waals surface area contributed by atoms with Crippen molar-refractivity contribution in [1.29, 1.82) is 0 Å². The molecule has 0 saturated carbocycles. The van der Waals surface area contributed by atoms with Gasteiger partial charge in [0.2, 0.25) is 0 Å². The quantitative estimate of drug-likeness (QED) is 0.662. The van der Waals surface area contributed by atoms with Crippen LogP contribution in [-0.2, 0) is 0 Å². The minimum absolute atomic E-state index is 0.0523. The van der Waals surface area contributed by atoms with Crippen LogP contribution in [0.5, 0.6) is 0 Å². The minimum atomic E-state index is -0.385. The van der Waals surface area contributed by atoms with Crippen molar-refractivity contribution in [3.63, 3.8) is 0 Å². The van der Waals surface area contributed by atoms with Crippen LogP contribution in [0, 0.1) is 10.1 Å². The number of nitro groups is 1. The Balaban J connectivity index is 1.98. The first-order valence-corrected chi connectivity index (χ1v) is 6.75. The molecule has 6 heteroatoms. The lowest BCUT2D eigenvalue weighted by Gasteiger charge is -2.25. The van der Waals surface area contributed by atoms with Gasteiger partial charge < -0.3 is 10.6 Å². The van der Waals surface area contributed by atoms with Gasteiger partial charge in [-0.3, -0.25) is 10.1 Å². The maximum absolute atomic E-state index is 11.1. The monoisotopic (exact) mass is 272 g/mol. The highest BCUT2D eigenvalue weighted by molar-refractivity contribution is 5.96. The van der Waals surface area contributed by atoms with Crippen LogP contribution < -0.4 is 10.6 Å². The van der Waals surface area contributed by atoms with E-state index in [0.29, 0.717) is 11.6 Å². The van der Waals surface area contributed by atoms with Crippen molar-refractivity contribution in [2.45, 2.75) is 18.9 Å². The number of para-hydroxylation sites is 1. The van der Waals surface area contributed by atoms with E-state index in [4.69, 9.17) is 0 Å². The molecule has 0 unspecified atom stereocenters. The van der Waals surface area contributed by atoms with Gasteiger partial charge in [-0.1, -0.05) is 12.1 Å². The van der Waals surface area contributed by atoms with E-state index >= 15 is 0 Å². The van der Waals surface area contributed by atoms with Crippen molar-refractivity contribution in [2.75, 3.05) is 18.4 Å². The Bertz CT molecular complexity index is 638. The summed E-state index contributed by atoms with van der Waals surface area (Å²) in [6.07, 6.45) is 3.73. The first kappa shape index (κ1) is 12.8. The molecule has 0 bridgehead atoms.